The van der Waals surface area contributed by atoms with E-state index in [4.69, 9.17) is 16.3 Å². The fourth-order valence-electron chi connectivity index (χ4n) is 1.50. The molecule has 0 aliphatic heterocycles. The molecule has 2 N–H and O–H groups in total. The molecule has 0 saturated carbocycles. The molecular weight excluding hydrogens is 250 g/mol. The molecule has 0 saturated heterocycles. The van der Waals surface area contributed by atoms with E-state index in [2.05, 4.69) is 19.2 Å². The number of benzene rings is 1. The van der Waals surface area contributed by atoms with Gasteiger partial charge < -0.3 is 15.2 Å². The maximum Gasteiger partial charge on any atom is 0.119 e. The van der Waals surface area contributed by atoms with Crippen LogP contribution in [0.2, 0.25) is 5.02 Å². The summed E-state index contributed by atoms with van der Waals surface area (Å²) in [7, 11) is 0. The zero-order valence-corrected chi connectivity index (χ0v) is 12.0. The van der Waals surface area contributed by atoms with Crippen LogP contribution in [0.1, 0.15) is 19.4 Å². The molecular formula is C14H22ClNO2. The van der Waals surface area contributed by atoms with Crippen molar-refractivity contribution in [3.63, 3.8) is 0 Å². The fraction of sp³-hybridized carbons (Fsp3) is 0.571. The molecule has 0 aliphatic carbocycles. The number of aliphatic hydroxyl groups excluding tert-OH is 1. The minimum Gasteiger partial charge on any atom is -0.491 e. The van der Waals surface area contributed by atoms with Gasteiger partial charge in [0, 0.05) is 11.6 Å². The number of aryl methyl sites for hydroxylation is 1. The van der Waals surface area contributed by atoms with E-state index in [9.17, 15) is 5.11 Å². The Labute approximate surface area is 114 Å². The minimum absolute atomic E-state index is 0.284. The number of halogens is 1. The van der Waals surface area contributed by atoms with E-state index >= 15 is 0 Å². The standard InChI is InChI=1S/C14H22ClNO2/c1-10(2)7-16-8-12(17)9-18-13-4-5-14(15)11(3)6-13/h4-6,10,12,16-17H,7-9H2,1-3H3/t12-/m1/s1. The molecule has 1 atom stereocenters. The molecule has 4 heteroatoms. The Bertz CT molecular complexity index is 369. The summed E-state index contributed by atoms with van der Waals surface area (Å²) in [5, 5.41) is 13.6. The normalized spacial score (nSPS) is 12.8. The molecule has 0 amide bonds. The molecule has 0 heterocycles. The first-order valence-electron chi connectivity index (χ1n) is 6.26. The Hall–Kier alpha value is -0.770. The van der Waals surface area contributed by atoms with Gasteiger partial charge in [0.25, 0.3) is 0 Å². The Morgan fingerprint density at radius 3 is 2.67 bits per heavy atom. The van der Waals surface area contributed by atoms with Crippen molar-refractivity contribution in [3.8, 4) is 5.75 Å². The lowest BCUT2D eigenvalue weighted by molar-refractivity contribution is 0.106. The lowest BCUT2D eigenvalue weighted by Crippen LogP contribution is -2.33. The van der Waals surface area contributed by atoms with E-state index in [0.717, 1.165) is 22.9 Å². The van der Waals surface area contributed by atoms with Crippen molar-refractivity contribution in [1.29, 1.82) is 0 Å². The second kappa shape index (κ2) is 7.62. The van der Waals surface area contributed by atoms with Gasteiger partial charge in [0.2, 0.25) is 0 Å². The average Bonchev–Trinajstić information content (AvgIpc) is 2.30. The van der Waals surface area contributed by atoms with Crippen molar-refractivity contribution in [2.75, 3.05) is 19.7 Å². The van der Waals surface area contributed by atoms with E-state index in [-0.39, 0.29) is 6.61 Å². The van der Waals surface area contributed by atoms with Crippen LogP contribution in [0, 0.1) is 12.8 Å². The molecule has 0 aromatic heterocycles. The van der Waals surface area contributed by atoms with E-state index in [0.29, 0.717) is 12.5 Å². The summed E-state index contributed by atoms with van der Waals surface area (Å²) in [6.07, 6.45) is -0.500. The van der Waals surface area contributed by atoms with Crippen LogP contribution in [0.4, 0.5) is 0 Å². The summed E-state index contributed by atoms with van der Waals surface area (Å²) in [6.45, 7) is 7.92. The summed E-state index contributed by atoms with van der Waals surface area (Å²) in [5.74, 6) is 1.32. The highest BCUT2D eigenvalue weighted by Crippen LogP contribution is 2.20. The molecule has 0 bridgehead atoms. The van der Waals surface area contributed by atoms with Gasteiger partial charge in [-0.25, -0.2) is 0 Å². The summed E-state index contributed by atoms with van der Waals surface area (Å²) < 4.78 is 5.51. The van der Waals surface area contributed by atoms with Gasteiger partial charge in [-0.3, -0.25) is 0 Å². The minimum atomic E-state index is -0.500. The van der Waals surface area contributed by atoms with Crippen molar-refractivity contribution >= 4 is 11.6 Å². The van der Waals surface area contributed by atoms with E-state index in [1.54, 1.807) is 6.07 Å². The molecule has 102 valence electrons. The lowest BCUT2D eigenvalue weighted by atomic mass is 10.2. The predicted molar refractivity (Wildman–Crippen MR) is 75.4 cm³/mol. The highest BCUT2D eigenvalue weighted by Gasteiger charge is 2.06. The van der Waals surface area contributed by atoms with Gasteiger partial charge in [-0.15, -0.1) is 0 Å². The average molecular weight is 272 g/mol. The van der Waals surface area contributed by atoms with Crippen molar-refractivity contribution in [3.05, 3.63) is 28.8 Å². The third-order valence-electron chi connectivity index (χ3n) is 2.50. The van der Waals surface area contributed by atoms with Crippen LogP contribution in [0.15, 0.2) is 18.2 Å². The van der Waals surface area contributed by atoms with Crippen LogP contribution in [-0.2, 0) is 0 Å². The van der Waals surface area contributed by atoms with Crippen LogP contribution in [0.25, 0.3) is 0 Å². The molecule has 0 unspecified atom stereocenters. The van der Waals surface area contributed by atoms with Gasteiger partial charge in [0.05, 0.1) is 0 Å². The van der Waals surface area contributed by atoms with Crippen LogP contribution < -0.4 is 10.1 Å². The highest BCUT2D eigenvalue weighted by atomic mass is 35.5. The first kappa shape index (κ1) is 15.3. The molecule has 1 aromatic carbocycles. The highest BCUT2D eigenvalue weighted by molar-refractivity contribution is 6.31. The second-order valence-corrected chi connectivity index (χ2v) is 5.34. The first-order chi connectivity index (χ1) is 8.49. The Morgan fingerprint density at radius 2 is 2.06 bits per heavy atom. The van der Waals surface area contributed by atoms with Crippen molar-refractivity contribution in [2.24, 2.45) is 5.92 Å². The van der Waals surface area contributed by atoms with Crippen molar-refractivity contribution in [2.45, 2.75) is 26.9 Å². The third kappa shape index (κ3) is 5.71. The van der Waals surface area contributed by atoms with Gasteiger partial charge in [-0.05, 0) is 43.1 Å². The number of nitrogens with one attached hydrogen (secondary N) is 1. The molecule has 1 rings (SSSR count). The zero-order chi connectivity index (χ0) is 13.5. The third-order valence-corrected chi connectivity index (χ3v) is 2.93. The SMILES string of the molecule is Cc1cc(OC[C@H](O)CNCC(C)C)ccc1Cl. The number of ether oxygens (including phenoxy) is 1. The monoisotopic (exact) mass is 271 g/mol. The van der Waals surface area contributed by atoms with Gasteiger partial charge in [-0.1, -0.05) is 25.4 Å². The van der Waals surface area contributed by atoms with E-state index in [1.807, 2.05) is 19.1 Å². The van der Waals surface area contributed by atoms with Crippen LogP contribution in [0.5, 0.6) is 5.75 Å². The summed E-state index contributed by atoms with van der Waals surface area (Å²) in [5.41, 5.74) is 0.974. The fourth-order valence-corrected chi connectivity index (χ4v) is 1.61. The summed E-state index contributed by atoms with van der Waals surface area (Å²) in [6, 6.07) is 5.48. The Morgan fingerprint density at radius 1 is 1.33 bits per heavy atom. The van der Waals surface area contributed by atoms with Crippen LogP contribution >= 0.6 is 11.6 Å². The van der Waals surface area contributed by atoms with E-state index < -0.39 is 6.10 Å². The van der Waals surface area contributed by atoms with Gasteiger partial charge in [0.1, 0.15) is 18.5 Å². The quantitative estimate of drug-likeness (QED) is 0.801. The number of hydrogen-bond acceptors (Lipinski definition) is 3. The number of aliphatic hydroxyl groups is 1. The Kier molecular flexibility index (Phi) is 6.47. The summed E-state index contributed by atoms with van der Waals surface area (Å²) >= 11 is 5.93. The number of hydrogen-bond donors (Lipinski definition) is 2. The summed E-state index contributed by atoms with van der Waals surface area (Å²) in [4.78, 5) is 0. The van der Waals surface area contributed by atoms with Gasteiger partial charge in [-0.2, -0.15) is 0 Å². The molecule has 0 aliphatic rings. The maximum absolute atomic E-state index is 9.73. The zero-order valence-electron chi connectivity index (χ0n) is 11.2. The van der Waals surface area contributed by atoms with Crippen molar-refractivity contribution < 1.29 is 9.84 Å². The maximum atomic E-state index is 9.73. The van der Waals surface area contributed by atoms with Crippen LogP contribution in [-0.4, -0.2) is 30.9 Å². The molecule has 0 fully saturated rings. The molecule has 3 nitrogen and oxygen atoms in total. The molecule has 0 spiro atoms. The van der Waals surface area contributed by atoms with Crippen LogP contribution in [0.3, 0.4) is 0 Å². The number of rotatable bonds is 7. The predicted octanol–water partition coefficient (Wildman–Crippen LogP) is 2.63. The van der Waals surface area contributed by atoms with Gasteiger partial charge in [0.15, 0.2) is 0 Å². The smallest absolute Gasteiger partial charge is 0.119 e. The Balaban J connectivity index is 2.29. The molecule has 1 aromatic rings. The lowest BCUT2D eigenvalue weighted by Gasteiger charge is -2.14. The largest absolute Gasteiger partial charge is 0.491 e. The van der Waals surface area contributed by atoms with E-state index in [1.165, 1.54) is 0 Å². The molecule has 18 heavy (non-hydrogen) atoms. The topological polar surface area (TPSA) is 41.5 Å². The second-order valence-electron chi connectivity index (χ2n) is 4.93. The molecule has 0 radical (unpaired) electrons. The van der Waals surface area contributed by atoms with Crippen molar-refractivity contribution in [1.82, 2.24) is 5.32 Å². The first-order valence-corrected chi connectivity index (χ1v) is 6.64. The van der Waals surface area contributed by atoms with Gasteiger partial charge >= 0.3 is 0 Å².